The number of hydrogen-bond acceptors (Lipinski definition) is 5. The molecule has 0 aromatic heterocycles. The highest BCUT2D eigenvalue weighted by atomic mass is 16.5. The highest BCUT2D eigenvalue weighted by molar-refractivity contribution is 5.94. The fourth-order valence-electron chi connectivity index (χ4n) is 2.67. The molecular formula is C20H28N4O3. The number of nitrogens with two attached hydrogens (primary N) is 1. The average Bonchev–Trinajstić information content (AvgIpc) is 2.68. The molecule has 0 spiro atoms. The summed E-state index contributed by atoms with van der Waals surface area (Å²) >= 11 is 0. The minimum atomic E-state index is 0.0865. The molecule has 27 heavy (non-hydrogen) atoms. The minimum Gasteiger partial charge on any atom is -0.497 e. The normalized spacial score (nSPS) is 12.6. The molecule has 1 atom stereocenters. The van der Waals surface area contributed by atoms with Gasteiger partial charge in [0.05, 0.1) is 39.6 Å². The van der Waals surface area contributed by atoms with Crippen molar-refractivity contribution in [3.8, 4) is 17.2 Å². The Morgan fingerprint density at radius 1 is 1.00 bits per heavy atom. The second kappa shape index (κ2) is 9.68. The minimum absolute atomic E-state index is 0.0865. The van der Waals surface area contributed by atoms with Crippen molar-refractivity contribution in [2.24, 2.45) is 10.7 Å². The first kappa shape index (κ1) is 20.4. The largest absolute Gasteiger partial charge is 0.497 e. The molecule has 2 aromatic carbocycles. The maximum atomic E-state index is 6.10. The maximum absolute atomic E-state index is 6.10. The number of aliphatic imine (C=N–C) groups is 1. The number of guanidine groups is 1. The fraction of sp³-hybridized carbons (Fsp3) is 0.350. The van der Waals surface area contributed by atoms with Crippen LogP contribution in [-0.4, -0.2) is 52.8 Å². The number of anilines is 1. The van der Waals surface area contributed by atoms with E-state index in [1.165, 1.54) is 0 Å². The van der Waals surface area contributed by atoms with E-state index in [0.29, 0.717) is 29.7 Å². The third-order valence-electron chi connectivity index (χ3n) is 4.23. The molecule has 0 bridgehead atoms. The van der Waals surface area contributed by atoms with E-state index in [9.17, 15) is 0 Å². The summed E-state index contributed by atoms with van der Waals surface area (Å²) in [5, 5.41) is 3.08. The molecule has 0 saturated heterocycles. The smallest absolute Gasteiger partial charge is 0.193 e. The van der Waals surface area contributed by atoms with E-state index >= 15 is 0 Å². The Balaban J connectivity index is 2.14. The summed E-state index contributed by atoms with van der Waals surface area (Å²) in [5.41, 5.74) is 7.93. The van der Waals surface area contributed by atoms with E-state index in [4.69, 9.17) is 19.9 Å². The van der Waals surface area contributed by atoms with Crippen LogP contribution in [0.4, 0.5) is 5.69 Å². The number of ether oxygens (including phenoxy) is 3. The summed E-state index contributed by atoms with van der Waals surface area (Å²) in [6, 6.07) is 13.5. The number of rotatable bonds is 8. The molecule has 1 unspecified atom stereocenters. The lowest BCUT2D eigenvalue weighted by Gasteiger charge is -2.23. The van der Waals surface area contributed by atoms with Gasteiger partial charge in [-0.15, -0.1) is 0 Å². The standard InChI is InChI=1S/C20H28N4O3/c1-24(2)18(14-6-8-15(25-3)9-7-14)13-22-20(21)23-17-12-16(26-4)10-11-19(17)27-5/h6-12,18H,13H2,1-5H3,(H3,21,22,23). The molecule has 0 heterocycles. The van der Waals surface area contributed by atoms with Gasteiger partial charge >= 0.3 is 0 Å². The number of hydrogen-bond donors (Lipinski definition) is 2. The number of benzene rings is 2. The van der Waals surface area contributed by atoms with E-state index < -0.39 is 0 Å². The second-order valence-corrected chi connectivity index (χ2v) is 6.17. The van der Waals surface area contributed by atoms with Crippen molar-refractivity contribution in [1.82, 2.24) is 4.90 Å². The molecule has 7 heteroatoms. The Morgan fingerprint density at radius 3 is 2.19 bits per heavy atom. The van der Waals surface area contributed by atoms with E-state index in [1.54, 1.807) is 21.3 Å². The lowest BCUT2D eigenvalue weighted by Crippen LogP contribution is -2.27. The number of methoxy groups -OCH3 is 3. The van der Waals surface area contributed by atoms with Gasteiger partial charge in [0.25, 0.3) is 0 Å². The summed E-state index contributed by atoms with van der Waals surface area (Å²) in [6.45, 7) is 0.504. The molecule has 2 aromatic rings. The van der Waals surface area contributed by atoms with Crippen molar-refractivity contribution < 1.29 is 14.2 Å². The zero-order valence-electron chi connectivity index (χ0n) is 16.5. The molecule has 0 fully saturated rings. The quantitative estimate of drug-likeness (QED) is 0.548. The summed E-state index contributed by atoms with van der Waals surface area (Å²) in [7, 11) is 8.89. The van der Waals surface area contributed by atoms with Gasteiger partial charge in [-0.05, 0) is 43.9 Å². The molecule has 0 saturated carbocycles. The first-order valence-corrected chi connectivity index (χ1v) is 8.57. The number of nitrogens with zero attached hydrogens (tertiary/aromatic N) is 2. The van der Waals surface area contributed by atoms with Crippen LogP contribution in [0.15, 0.2) is 47.5 Å². The van der Waals surface area contributed by atoms with Crippen molar-refractivity contribution in [2.45, 2.75) is 6.04 Å². The molecule has 0 aliphatic carbocycles. The van der Waals surface area contributed by atoms with Gasteiger partial charge in [0.1, 0.15) is 17.2 Å². The fourth-order valence-corrected chi connectivity index (χ4v) is 2.67. The molecular weight excluding hydrogens is 344 g/mol. The van der Waals surface area contributed by atoms with Gasteiger partial charge in [-0.1, -0.05) is 12.1 Å². The molecule has 0 aliphatic heterocycles. The number of likely N-dealkylation sites (N-methyl/N-ethyl adjacent to an activating group) is 1. The SMILES string of the molecule is COc1ccc(C(CN=C(N)Nc2cc(OC)ccc2OC)N(C)C)cc1. The van der Waals surface area contributed by atoms with Crippen LogP contribution < -0.4 is 25.3 Å². The van der Waals surface area contributed by atoms with Crippen LogP contribution in [0.2, 0.25) is 0 Å². The monoisotopic (exact) mass is 372 g/mol. The van der Waals surface area contributed by atoms with E-state index in [2.05, 4.69) is 15.2 Å². The van der Waals surface area contributed by atoms with Crippen molar-refractivity contribution in [2.75, 3.05) is 47.3 Å². The van der Waals surface area contributed by atoms with Gasteiger partial charge < -0.3 is 30.2 Å². The first-order valence-electron chi connectivity index (χ1n) is 8.57. The van der Waals surface area contributed by atoms with Crippen molar-refractivity contribution >= 4 is 11.6 Å². The Hall–Kier alpha value is -2.93. The first-order chi connectivity index (χ1) is 13.0. The highest BCUT2D eigenvalue weighted by Crippen LogP contribution is 2.28. The van der Waals surface area contributed by atoms with Crippen LogP contribution in [0, 0.1) is 0 Å². The Bertz CT molecular complexity index is 760. The molecule has 0 aliphatic rings. The lowest BCUT2D eigenvalue weighted by molar-refractivity contribution is 0.306. The van der Waals surface area contributed by atoms with E-state index in [-0.39, 0.29) is 6.04 Å². The van der Waals surface area contributed by atoms with Crippen LogP contribution >= 0.6 is 0 Å². The third kappa shape index (κ3) is 5.52. The van der Waals surface area contributed by atoms with Gasteiger partial charge in [-0.2, -0.15) is 0 Å². The molecule has 0 amide bonds. The zero-order valence-corrected chi connectivity index (χ0v) is 16.5. The molecule has 3 N–H and O–H groups in total. The summed E-state index contributed by atoms with van der Waals surface area (Å²) < 4.78 is 15.8. The summed E-state index contributed by atoms with van der Waals surface area (Å²) in [6.07, 6.45) is 0. The topological polar surface area (TPSA) is 81.3 Å². The lowest BCUT2D eigenvalue weighted by atomic mass is 10.1. The summed E-state index contributed by atoms with van der Waals surface area (Å²) in [4.78, 5) is 6.61. The van der Waals surface area contributed by atoms with Gasteiger partial charge in [0, 0.05) is 6.07 Å². The maximum Gasteiger partial charge on any atom is 0.193 e. The predicted molar refractivity (Wildman–Crippen MR) is 109 cm³/mol. The zero-order chi connectivity index (χ0) is 19.8. The van der Waals surface area contributed by atoms with Gasteiger partial charge in [0.15, 0.2) is 5.96 Å². The van der Waals surface area contributed by atoms with Crippen LogP contribution in [0.3, 0.4) is 0 Å². The second-order valence-electron chi connectivity index (χ2n) is 6.17. The van der Waals surface area contributed by atoms with Crippen LogP contribution in [0.25, 0.3) is 0 Å². The molecule has 146 valence electrons. The molecule has 7 nitrogen and oxygen atoms in total. The van der Waals surface area contributed by atoms with Crippen molar-refractivity contribution in [1.29, 1.82) is 0 Å². The summed E-state index contributed by atoms with van der Waals surface area (Å²) in [5.74, 6) is 2.50. The van der Waals surface area contributed by atoms with Crippen LogP contribution in [0.1, 0.15) is 11.6 Å². The Labute approximate surface area is 160 Å². The van der Waals surface area contributed by atoms with Crippen molar-refractivity contribution in [3.63, 3.8) is 0 Å². The Kier molecular flexibility index (Phi) is 7.31. The van der Waals surface area contributed by atoms with Gasteiger partial charge in [0.2, 0.25) is 0 Å². The third-order valence-corrected chi connectivity index (χ3v) is 4.23. The van der Waals surface area contributed by atoms with Gasteiger partial charge in [-0.25, -0.2) is 0 Å². The van der Waals surface area contributed by atoms with E-state index in [1.807, 2.05) is 56.6 Å². The van der Waals surface area contributed by atoms with Crippen molar-refractivity contribution in [3.05, 3.63) is 48.0 Å². The van der Waals surface area contributed by atoms with Gasteiger partial charge in [-0.3, -0.25) is 4.99 Å². The molecule has 2 rings (SSSR count). The average molecular weight is 372 g/mol. The Morgan fingerprint density at radius 2 is 1.63 bits per heavy atom. The van der Waals surface area contributed by atoms with Crippen LogP contribution in [-0.2, 0) is 0 Å². The predicted octanol–water partition coefficient (Wildman–Crippen LogP) is 2.74. The molecule has 0 radical (unpaired) electrons. The number of nitrogens with one attached hydrogen (secondary N) is 1. The highest BCUT2D eigenvalue weighted by Gasteiger charge is 2.14. The van der Waals surface area contributed by atoms with Crippen LogP contribution in [0.5, 0.6) is 17.2 Å². The van der Waals surface area contributed by atoms with E-state index in [0.717, 1.165) is 11.3 Å².